The highest BCUT2D eigenvalue weighted by Crippen LogP contribution is 2.27. The average Bonchev–Trinajstić information content (AvgIpc) is 2.53. The van der Waals surface area contributed by atoms with Gasteiger partial charge in [0.2, 0.25) is 0 Å². The van der Waals surface area contributed by atoms with Crippen LogP contribution in [-0.2, 0) is 0 Å². The van der Waals surface area contributed by atoms with Crippen molar-refractivity contribution < 1.29 is 0 Å². The summed E-state index contributed by atoms with van der Waals surface area (Å²) in [6, 6.07) is 21.6. The SMILES string of the molecule is Cl[Si](Cl)(CCCC[Si](Cl)(Cl)c1ccccc1)c1ccccc1. The van der Waals surface area contributed by atoms with Crippen LogP contribution in [0.2, 0.25) is 12.1 Å². The fourth-order valence-corrected chi connectivity index (χ4v) is 8.79. The lowest BCUT2D eigenvalue weighted by Gasteiger charge is -2.19. The van der Waals surface area contributed by atoms with Gasteiger partial charge in [0.25, 0.3) is 13.4 Å². The Morgan fingerprint density at radius 2 is 0.864 bits per heavy atom. The van der Waals surface area contributed by atoms with E-state index in [0.717, 1.165) is 35.3 Å². The molecule has 22 heavy (non-hydrogen) atoms. The Hall–Kier alpha value is 0.0338. The summed E-state index contributed by atoms with van der Waals surface area (Å²) in [5, 5.41) is 2.14. The van der Waals surface area contributed by atoms with E-state index in [9.17, 15) is 0 Å². The van der Waals surface area contributed by atoms with Crippen LogP contribution >= 0.6 is 44.3 Å². The highest BCUT2D eigenvalue weighted by Gasteiger charge is 2.33. The number of hydrogen-bond acceptors (Lipinski definition) is 0. The van der Waals surface area contributed by atoms with Gasteiger partial charge in [-0.2, -0.15) is 0 Å². The van der Waals surface area contributed by atoms with Crippen molar-refractivity contribution in [3.63, 3.8) is 0 Å². The molecule has 0 N–H and O–H groups in total. The zero-order chi connectivity index (χ0) is 16.1. The Bertz CT molecular complexity index is 520. The fraction of sp³-hybridized carbons (Fsp3) is 0.250. The maximum absolute atomic E-state index is 6.58. The first kappa shape index (κ1) is 18.4. The molecule has 118 valence electrons. The van der Waals surface area contributed by atoms with Crippen LogP contribution in [0.3, 0.4) is 0 Å². The van der Waals surface area contributed by atoms with E-state index >= 15 is 0 Å². The lowest BCUT2D eigenvalue weighted by molar-refractivity contribution is 0.870. The second-order valence-electron chi connectivity index (χ2n) is 5.35. The molecule has 0 unspecified atom stereocenters. The molecule has 0 radical (unpaired) electrons. The van der Waals surface area contributed by atoms with Gasteiger partial charge in [0.15, 0.2) is 0 Å². The van der Waals surface area contributed by atoms with Gasteiger partial charge in [0.05, 0.1) is 0 Å². The Morgan fingerprint density at radius 1 is 0.545 bits per heavy atom. The van der Waals surface area contributed by atoms with Gasteiger partial charge in [0.1, 0.15) is 0 Å². The second-order valence-corrected chi connectivity index (χ2v) is 19.2. The molecule has 0 heterocycles. The summed E-state index contributed by atoms with van der Waals surface area (Å²) >= 11 is 26.3. The lowest BCUT2D eigenvalue weighted by atomic mass is 10.4. The number of halogens is 4. The molecule has 0 bridgehead atoms. The van der Waals surface area contributed by atoms with Gasteiger partial charge in [-0.3, -0.25) is 0 Å². The molecule has 2 rings (SSSR count). The molecule has 0 nitrogen and oxygen atoms in total. The first-order chi connectivity index (χ1) is 10.4. The predicted molar refractivity (Wildman–Crippen MR) is 106 cm³/mol. The fourth-order valence-electron chi connectivity index (χ4n) is 2.35. The van der Waals surface area contributed by atoms with E-state index in [1.54, 1.807) is 0 Å². The molecule has 0 atom stereocenters. The molecular formula is C16H18Cl4Si2. The summed E-state index contributed by atoms with van der Waals surface area (Å²) in [5.41, 5.74) is 0. The summed E-state index contributed by atoms with van der Waals surface area (Å²) in [6.45, 7) is -4.76. The van der Waals surface area contributed by atoms with Gasteiger partial charge in [0, 0.05) is 0 Å². The summed E-state index contributed by atoms with van der Waals surface area (Å²) in [7, 11) is 0. The Morgan fingerprint density at radius 3 is 1.18 bits per heavy atom. The molecule has 6 heteroatoms. The Labute approximate surface area is 153 Å². The number of hydrogen-bond donors (Lipinski definition) is 0. The number of benzene rings is 2. The third-order valence-electron chi connectivity index (χ3n) is 3.62. The van der Waals surface area contributed by atoms with Crippen LogP contribution < -0.4 is 10.4 Å². The predicted octanol–water partition coefficient (Wildman–Crippen LogP) is 5.42. The van der Waals surface area contributed by atoms with E-state index in [1.165, 1.54) is 0 Å². The minimum absolute atomic E-state index is 0.827. The van der Waals surface area contributed by atoms with Gasteiger partial charge in [-0.1, -0.05) is 73.5 Å². The topological polar surface area (TPSA) is 0 Å². The summed E-state index contributed by atoms with van der Waals surface area (Å²) in [6.07, 6.45) is 1.91. The molecule has 0 saturated heterocycles. The van der Waals surface area contributed by atoms with Gasteiger partial charge < -0.3 is 0 Å². The van der Waals surface area contributed by atoms with Crippen LogP contribution in [0, 0.1) is 0 Å². The average molecular weight is 408 g/mol. The maximum Gasteiger partial charge on any atom is 0.280 e. The minimum atomic E-state index is -2.38. The summed E-state index contributed by atoms with van der Waals surface area (Å²) in [5.74, 6) is 0. The molecule has 2 aromatic rings. The maximum atomic E-state index is 6.58. The summed E-state index contributed by atoms with van der Waals surface area (Å²) in [4.78, 5) is 0. The Balaban J connectivity index is 1.84. The van der Waals surface area contributed by atoms with Crippen LogP contribution in [0.5, 0.6) is 0 Å². The van der Waals surface area contributed by atoms with E-state index in [4.69, 9.17) is 44.3 Å². The second kappa shape index (κ2) is 8.23. The van der Waals surface area contributed by atoms with Crippen molar-refractivity contribution in [1.29, 1.82) is 0 Å². The molecule has 0 amide bonds. The monoisotopic (exact) mass is 406 g/mol. The van der Waals surface area contributed by atoms with E-state index in [1.807, 2.05) is 60.7 Å². The first-order valence-electron chi connectivity index (χ1n) is 7.28. The molecule has 0 aliphatic heterocycles. The standard InChI is InChI=1S/C16H18Cl4Si2/c17-21(18,15-9-3-1-4-10-15)13-7-8-14-22(19,20)16-11-5-2-6-12-16/h1-6,9-12H,7-8,13-14H2. The molecule has 0 saturated carbocycles. The van der Waals surface area contributed by atoms with Crippen LogP contribution in [-0.4, -0.2) is 13.4 Å². The Kier molecular flexibility index (Phi) is 6.87. The quantitative estimate of drug-likeness (QED) is 0.326. The zero-order valence-corrected chi connectivity index (χ0v) is 17.1. The van der Waals surface area contributed by atoms with Crippen molar-refractivity contribution in [2.45, 2.75) is 24.9 Å². The van der Waals surface area contributed by atoms with E-state index < -0.39 is 13.4 Å². The molecule has 0 fully saturated rings. The molecular weight excluding hydrogens is 390 g/mol. The smallest absolute Gasteiger partial charge is 0.140 e. The van der Waals surface area contributed by atoms with Crippen molar-refractivity contribution in [2.75, 3.05) is 0 Å². The van der Waals surface area contributed by atoms with Crippen LogP contribution in [0.1, 0.15) is 12.8 Å². The van der Waals surface area contributed by atoms with Gasteiger partial charge in [-0.25, -0.2) is 0 Å². The van der Waals surface area contributed by atoms with E-state index in [0.29, 0.717) is 0 Å². The van der Waals surface area contributed by atoms with E-state index in [-0.39, 0.29) is 0 Å². The summed E-state index contributed by atoms with van der Waals surface area (Å²) < 4.78 is 0. The zero-order valence-electron chi connectivity index (χ0n) is 12.1. The van der Waals surface area contributed by atoms with E-state index in [2.05, 4.69) is 0 Å². The van der Waals surface area contributed by atoms with Crippen molar-refractivity contribution in [3.05, 3.63) is 60.7 Å². The third kappa shape index (κ3) is 5.29. The molecule has 0 aromatic heterocycles. The molecule has 0 spiro atoms. The lowest BCUT2D eigenvalue weighted by Crippen LogP contribution is -2.37. The molecule has 0 aliphatic rings. The van der Waals surface area contributed by atoms with Crippen molar-refractivity contribution in [1.82, 2.24) is 0 Å². The molecule has 2 aromatic carbocycles. The van der Waals surface area contributed by atoms with Crippen molar-refractivity contribution >= 4 is 68.1 Å². The normalized spacial score (nSPS) is 12.4. The van der Waals surface area contributed by atoms with Gasteiger partial charge >= 0.3 is 0 Å². The van der Waals surface area contributed by atoms with Crippen LogP contribution in [0.15, 0.2) is 60.7 Å². The third-order valence-corrected chi connectivity index (χ3v) is 12.8. The highest BCUT2D eigenvalue weighted by molar-refractivity contribution is 7.51. The first-order valence-corrected chi connectivity index (χ1v) is 15.7. The molecule has 0 aliphatic carbocycles. The van der Waals surface area contributed by atoms with Gasteiger partial charge in [-0.05, 0) is 22.5 Å². The van der Waals surface area contributed by atoms with Crippen molar-refractivity contribution in [3.8, 4) is 0 Å². The number of unbranched alkanes of at least 4 members (excludes halogenated alkanes) is 1. The van der Waals surface area contributed by atoms with Crippen LogP contribution in [0.25, 0.3) is 0 Å². The van der Waals surface area contributed by atoms with Crippen molar-refractivity contribution in [2.24, 2.45) is 0 Å². The minimum Gasteiger partial charge on any atom is -0.140 e. The highest BCUT2D eigenvalue weighted by atomic mass is 35.7. The van der Waals surface area contributed by atoms with Gasteiger partial charge in [-0.15, -0.1) is 44.3 Å². The largest absolute Gasteiger partial charge is 0.280 e. The number of rotatable bonds is 7. The van der Waals surface area contributed by atoms with Crippen LogP contribution in [0.4, 0.5) is 0 Å².